The molecule has 0 unspecified atom stereocenters. The van der Waals surface area contributed by atoms with Gasteiger partial charge in [-0.3, -0.25) is 9.59 Å². The van der Waals surface area contributed by atoms with E-state index in [2.05, 4.69) is 10.6 Å². The molecule has 0 saturated carbocycles. The number of hydrogen-bond acceptors (Lipinski definition) is 5. The zero-order chi connectivity index (χ0) is 24.7. The van der Waals surface area contributed by atoms with Gasteiger partial charge in [-0.1, -0.05) is 18.6 Å². The van der Waals surface area contributed by atoms with Gasteiger partial charge in [0.2, 0.25) is 10.0 Å². The second-order valence-electron chi connectivity index (χ2n) is 8.25. The molecule has 0 radical (unpaired) electrons. The van der Waals surface area contributed by atoms with E-state index in [1.165, 1.54) is 23.4 Å². The summed E-state index contributed by atoms with van der Waals surface area (Å²) in [4.78, 5) is 24.3. The largest absolute Gasteiger partial charge is 0.497 e. The number of sulfonamides is 1. The summed E-state index contributed by atoms with van der Waals surface area (Å²) in [6.07, 6.45) is 2.63. The lowest BCUT2D eigenvalue weighted by atomic mass is 10.0. The van der Waals surface area contributed by atoms with E-state index in [1.54, 1.807) is 31.4 Å². The van der Waals surface area contributed by atoms with Crippen LogP contribution in [-0.2, 0) is 26.2 Å². The monoisotopic (exact) mass is 491 g/mol. The van der Waals surface area contributed by atoms with Crippen LogP contribution < -0.4 is 15.4 Å². The SMILES string of the molecule is COc1ccc(CNC(=O)C(=O)NCC[C@@H]2CCCCN2S(=O)(=O)c2ccc(F)c(C)c2)cc1. The van der Waals surface area contributed by atoms with Gasteiger partial charge in [0.15, 0.2) is 0 Å². The van der Waals surface area contributed by atoms with E-state index >= 15 is 0 Å². The zero-order valence-electron chi connectivity index (χ0n) is 19.3. The van der Waals surface area contributed by atoms with Gasteiger partial charge in [-0.05, 0) is 67.6 Å². The van der Waals surface area contributed by atoms with Gasteiger partial charge in [0.05, 0.1) is 12.0 Å². The van der Waals surface area contributed by atoms with E-state index in [4.69, 9.17) is 4.74 Å². The summed E-state index contributed by atoms with van der Waals surface area (Å²) in [5, 5.41) is 5.13. The molecule has 1 heterocycles. The lowest BCUT2D eigenvalue weighted by Gasteiger charge is -2.34. The van der Waals surface area contributed by atoms with Gasteiger partial charge in [0.25, 0.3) is 0 Å². The number of carbonyl (C=O) groups is 2. The van der Waals surface area contributed by atoms with E-state index in [-0.39, 0.29) is 29.6 Å². The summed E-state index contributed by atoms with van der Waals surface area (Å²) in [6, 6.07) is 10.6. The number of nitrogens with one attached hydrogen (secondary N) is 2. The molecule has 0 aromatic heterocycles. The molecule has 184 valence electrons. The van der Waals surface area contributed by atoms with Crippen molar-refractivity contribution < 1.29 is 27.1 Å². The maximum Gasteiger partial charge on any atom is 0.309 e. The van der Waals surface area contributed by atoms with Crippen LogP contribution in [-0.4, -0.2) is 50.8 Å². The number of hydrogen-bond donors (Lipinski definition) is 2. The molecule has 1 atom stereocenters. The van der Waals surface area contributed by atoms with E-state index in [0.29, 0.717) is 25.1 Å². The highest BCUT2D eigenvalue weighted by Gasteiger charge is 2.33. The molecular weight excluding hydrogens is 461 g/mol. The number of aryl methyl sites for hydroxylation is 1. The Hall–Kier alpha value is -2.98. The molecule has 2 aromatic carbocycles. The summed E-state index contributed by atoms with van der Waals surface area (Å²) in [7, 11) is -2.23. The first-order valence-corrected chi connectivity index (χ1v) is 12.6. The quantitative estimate of drug-likeness (QED) is 0.552. The Balaban J connectivity index is 1.53. The molecule has 34 heavy (non-hydrogen) atoms. The van der Waals surface area contributed by atoms with Crippen LogP contribution in [0.3, 0.4) is 0 Å². The Bertz CT molecular complexity index is 1120. The van der Waals surface area contributed by atoms with Crippen LogP contribution in [0.4, 0.5) is 4.39 Å². The highest BCUT2D eigenvalue weighted by Crippen LogP contribution is 2.27. The number of ether oxygens (including phenoxy) is 1. The highest BCUT2D eigenvalue weighted by molar-refractivity contribution is 7.89. The molecule has 2 aromatic rings. The number of amides is 2. The third-order valence-corrected chi connectivity index (χ3v) is 7.84. The third kappa shape index (κ3) is 6.32. The molecule has 1 aliphatic rings. The average Bonchev–Trinajstić information content (AvgIpc) is 2.84. The Labute approximate surface area is 199 Å². The number of halogens is 1. The lowest BCUT2D eigenvalue weighted by Crippen LogP contribution is -2.46. The first-order valence-electron chi connectivity index (χ1n) is 11.2. The van der Waals surface area contributed by atoms with Crippen molar-refractivity contribution in [3.8, 4) is 5.75 Å². The molecule has 0 bridgehead atoms. The maximum absolute atomic E-state index is 13.6. The predicted octanol–water partition coefficient (Wildman–Crippen LogP) is 2.51. The third-order valence-electron chi connectivity index (χ3n) is 5.89. The number of rotatable bonds is 8. The Kier molecular flexibility index (Phi) is 8.62. The fraction of sp³-hybridized carbons (Fsp3) is 0.417. The van der Waals surface area contributed by atoms with Crippen molar-refractivity contribution in [1.82, 2.24) is 14.9 Å². The van der Waals surface area contributed by atoms with Gasteiger partial charge >= 0.3 is 11.8 Å². The van der Waals surface area contributed by atoms with Crippen molar-refractivity contribution in [3.63, 3.8) is 0 Å². The van der Waals surface area contributed by atoms with E-state index in [0.717, 1.165) is 24.5 Å². The van der Waals surface area contributed by atoms with Crippen molar-refractivity contribution in [2.45, 2.75) is 50.1 Å². The Morgan fingerprint density at radius 3 is 2.47 bits per heavy atom. The minimum Gasteiger partial charge on any atom is -0.497 e. The minimum atomic E-state index is -3.80. The molecule has 1 aliphatic heterocycles. The second-order valence-corrected chi connectivity index (χ2v) is 10.1. The molecule has 10 heteroatoms. The zero-order valence-corrected chi connectivity index (χ0v) is 20.2. The molecule has 8 nitrogen and oxygen atoms in total. The normalized spacial score (nSPS) is 16.6. The smallest absolute Gasteiger partial charge is 0.309 e. The van der Waals surface area contributed by atoms with Gasteiger partial charge in [0.1, 0.15) is 11.6 Å². The fourth-order valence-electron chi connectivity index (χ4n) is 3.93. The molecule has 2 amide bonds. The van der Waals surface area contributed by atoms with Crippen LogP contribution in [0.15, 0.2) is 47.4 Å². The Morgan fingerprint density at radius 1 is 1.09 bits per heavy atom. The summed E-state index contributed by atoms with van der Waals surface area (Å²) in [5.41, 5.74) is 1.09. The lowest BCUT2D eigenvalue weighted by molar-refractivity contribution is -0.139. The second kappa shape index (κ2) is 11.4. The van der Waals surface area contributed by atoms with Crippen molar-refractivity contribution in [1.29, 1.82) is 0 Å². The topological polar surface area (TPSA) is 105 Å². The molecule has 0 aliphatic carbocycles. The minimum absolute atomic E-state index is 0.0558. The fourth-order valence-corrected chi connectivity index (χ4v) is 5.74. The number of piperidine rings is 1. The molecule has 3 rings (SSSR count). The van der Waals surface area contributed by atoms with Gasteiger partial charge in [-0.15, -0.1) is 0 Å². The van der Waals surface area contributed by atoms with Crippen LogP contribution in [0.25, 0.3) is 0 Å². The summed E-state index contributed by atoms with van der Waals surface area (Å²) < 4.78 is 46.5. The summed E-state index contributed by atoms with van der Waals surface area (Å²) >= 11 is 0. The average molecular weight is 492 g/mol. The number of methoxy groups -OCH3 is 1. The van der Waals surface area contributed by atoms with E-state index in [9.17, 15) is 22.4 Å². The first kappa shape index (κ1) is 25.6. The van der Waals surface area contributed by atoms with Crippen LogP contribution in [0.2, 0.25) is 0 Å². The molecule has 1 saturated heterocycles. The summed E-state index contributed by atoms with van der Waals surface area (Å²) in [6.45, 7) is 2.24. The van der Waals surface area contributed by atoms with Crippen molar-refractivity contribution in [2.24, 2.45) is 0 Å². The molecule has 0 spiro atoms. The van der Waals surface area contributed by atoms with E-state index < -0.39 is 27.7 Å². The van der Waals surface area contributed by atoms with Gasteiger partial charge in [-0.25, -0.2) is 12.8 Å². The van der Waals surface area contributed by atoms with Crippen molar-refractivity contribution >= 4 is 21.8 Å². The van der Waals surface area contributed by atoms with Crippen molar-refractivity contribution in [2.75, 3.05) is 20.2 Å². The van der Waals surface area contributed by atoms with Crippen LogP contribution in [0, 0.1) is 12.7 Å². The molecule has 1 fully saturated rings. The summed E-state index contributed by atoms with van der Waals surface area (Å²) in [5.74, 6) is -1.29. The van der Waals surface area contributed by atoms with Gasteiger partial charge < -0.3 is 15.4 Å². The predicted molar refractivity (Wildman–Crippen MR) is 125 cm³/mol. The number of benzene rings is 2. The van der Waals surface area contributed by atoms with Gasteiger partial charge in [0, 0.05) is 25.7 Å². The van der Waals surface area contributed by atoms with Crippen LogP contribution in [0.5, 0.6) is 5.75 Å². The molecular formula is C24H30FN3O5S. The van der Waals surface area contributed by atoms with Gasteiger partial charge in [-0.2, -0.15) is 4.31 Å². The van der Waals surface area contributed by atoms with E-state index in [1.807, 2.05) is 0 Å². The highest BCUT2D eigenvalue weighted by atomic mass is 32.2. The first-order chi connectivity index (χ1) is 16.2. The van der Waals surface area contributed by atoms with Crippen LogP contribution in [0.1, 0.15) is 36.8 Å². The number of nitrogens with zero attached hydrogens (tertiary/aromatic N) is 1. The number of carbonyl (C=O) groups excluding carboxylic acids is 2. The van der Waals surface area contributed by atoms with Crippen LogP contribution >= 0.6 is 0 Å². The Morgan fingerprint density at radius 2 is 1.79 bits per heavy atom. The van der Waals surface area contributed by atoms with Crippen molar-refractivity contribution in [3.05, 3.63) is 59.4 Å². The molecule has 2 N–H and O–H groups in total. The maximum atomic E-state index is 13.6. The standard InChI is InChI=1S/C24H30FN3O5S/c1-17-15-21(10-11-22(17)25)34(31,32)28-14-4-3-5-19(28)12-13-26-23(29)24(30)27-16-18-6-8-20(33-2)9-7-18/h6-11,15,19H,3-5,12-14,16H2,1-2H3,(H,26,29)(H,27,30)/t19-/m0/s1.